The number of benzene rings is 1. The molecule has 1 aromatic carbocycles. The molecule has 1 fully saturated rings. The van der Waals surface area contributed by atoms with E-state index in [9.17, 15) is 0 Å². The van der Waals surface area contributed by atoms with Gasteiger partial charge >= 0.3 is 0 Å². The lowest BCUT2D eigenvalue weighted by Gasteiger charge is -2.29. The van der Waals surface area contributed by atoms with Gasteiger partial charge in [0.25, 0.3) is 0 Å². The molecule has 4 atom stereocenters. The fraction of sp³-hybridized carbons (Fsp3) is 0.556. The van der Waals surface area contributed by atoms with E-state index in [1.54, 1.807) is 0 Å². The summed E-state index contributed by atoms with van der Waals surface area (Å²) in [6, 6.07) is 10.0. The SMILES string of the molecule is C=C(CCC)C1C=CC(C(c2ccc(CCCC)cc2)C2C[C@@H](C)CN2)=CC1. The number of unbranched alkanes of at least 4 members (excludes halogenated alkanes) is 1. The summed E-state index contributed by atoms with van der Waals surface area (Å²) in [5.41, 5.74) is 5.82. The van der Waals surface area contributed by atoms with Gasteiger partial charge in [-0.15, -0.1) is 0 Å². The third kappa shape index (κ3) is 5.26. The van der Waals surface area contributed by atoms with Crippen LogP contribution in [0.4, 0.5) is 0 Å². The molecule has 1 heterocycles. The molecule has 1 nitrogen and oxygen atoms in total. The molecule has 28 heavy (non-hydrogen) atoms. The highest BCUT2D eigenvalue weighted by atomic mass is 15.0. The molecular formula is C27H39N. The largest absolute Gasteiger partial charge is 0.313 e. The smallest absolute Gasteiger partial charge is 0.0240 e. The van der Waals surface area contributed by atoms with Gasteiger partial charge in [-0.1, -0.05) is 88.3 Å². The number of hydrogen-bond donors (Lipinski definition) is 1. The van der Waals surface area contributed by atoms with Crippen molar-refractivity contribution in [1.29, 1.82) is 0 Å². The molecule has 1 saturated heterocycles. The molecule has 1 heteroatoms. The zero-order valence-electron chi connectivity index (χ0n) is 18.2. The van der Waals surface area contributed by atoms with Crippen LogP contribution in [0.5, 0.6) is 0 Å². The second-order valence-electron chi connectivity index (χ2n) is 8.99. The number of rotatable bonds is 9. The molecule has 3 unspecified atom stereocenters. The minimum absolute atomic E-state index is 0.460. The maximum absolute atomic E-state index is 4.32. The molecule has 2 aliphatic rings. The van der Waals surface area contributed by atoms with Crippen LogP contribution in [0.15, 0.2) is 60.2 Å². The lowest BCUT2D eigenvalue weighted by Crippen LogP contribution is -2.30. The lowest BCUT2D eigenvalue weighted by atomic mass is 9.78. The molecule has 0 amide bonds. The maximum atomic E-state index is 4.32. The Labute approximate surface area is 173 Å². The Bertz CT molecular complexity index is 693. The average Bonchev–Trinajstić information content (AvgIpc) is 3.14. The normalized spacial score (nSPS) is 25.5. The van der Waals surface area contributed by atoms with Crippen LogP contribution in [-0.4, -0.2) is 12.6 Å². The van der Waals surface area contributed by atoms with Crippen molar-refractivity contribution in [2.24, 2.45) is 11.8 Å². The molecule has 0 radical (unpaired) electrons. The Hall–Kier alpha value is -1.60. The molecule has 152 valence electrons. The van der Waals surface area contributed by atoms with E-state index in [4.69, 9.17) is 0 Å². The molecule has 0 saturated carbocycles. The van der Waals surface area contributed by atoms with E-state index >= 15 is 0 Å². The third-order valence-corrected chi connectivity index (χ3v) is 6.53. The quantitative estimate of drug-likeness (QED) is 0.458. The first-order valence-electron chi connectivity index (χ1n) is 11.5. The van der Waals surface area contributed by atoms with Crippen molar-refractivity contribution in [3.8, 4) is 0 Å². The fourth-order valence-electron chi connectivity index (χ4n) is 4.81. The summed E-state index contributed by atoms with van der Waals surface area (Å²) in [6.07, 6.45) is 15.7. The molecule has 1 aliphatic heterocycles. The highest BCUT2D eigenvalue weighted by Gasteiger charge is 2.32. The first-order valence-corrected chi connectivity index (χ1v) is 11.5. The number of nitrogens with one attached hydrogen (secondary N) is 1. The van der Waals surface area contributed by atoms with Gasteiger partial charge in [-0.2, -0.15) is 0 Å². The van der Waals surface area contributed by atoms with E-state index in [0.717, 1.165) is 25.3 Å². The number of hydrogen-bond acceptors (Lipinski definition) is 1. The van der Waals surface area contributed by atoms with Crippen molar-refractivity contribution in [2.75, 3.05) is 6.54 Å². The van der Waals surface area contributed by atoms with Crippen LogP contribution in [0.3, 0.4) is 0 Å². The van der Waals surface area contributed by atoms with Crippen LogP contribution in [0.1, 0.15) is 76.3 Å². The Kier molecular flexibility index (Phi) is 7.73. The molecule has 0 spiro atoms. The molecule has 1 aliphatic carbocycles. The standard InChI is InChI=1S/C27H39N/c1-5-7-9-22-10-12-24(13-11-22)27(26-18-20(3)19-28-26)25-16-14-23(15-17-25)21(4)8-6-2/h10-14,16-17,20,23,26-28H,4-9,15,18-19H2,1-3H3/t20-,23?,26?,27?/m1/s1. The zero-order valence-corrected chi connectivity index (χ0v) is 18.2. The molecule has 0 bridgehead atoms. The van der Waals surface area contributed by atoms with Crippen LogP contribution in [0.25, 0.3) is 0 Å². The third-order valence-electron chi connectivity index (χ3n) is 6.53. The summed E-state index contributed by atoms with van der Waals surface area (Å²) in [5.74, 6) is 1.75. The van der Waals surface area contributed by atoms with Crippen molar-refractivity contribution in [3.05, 3.63) is 71.3 Å². The number of aryl methyl sites for hydroxylation is 1. The first-order chi connectivity index (χ1) is 13.6. The Balaban J connectivity index is 1.79. The summed E-state index contributed by atoms with van der Waals surface area (Å²) in [7, 11) is 0. The Morgan fingerprint density at radius 3 is 2.54 bits per heavy atom. The van der Waals surface area contributed by atoms with Crippen LogP contribution in [0, 0.1) is 11.8 Å². The van der Waals surface area contributed by atoms with Gasteiger partial charge in [0.15, 0.2) is 0 Å². The second-order valence-corrected chi connectivity index (χ2v) is 8.99. The predicted molar refractivity (Wildman–Crippen MR) is 123 cm³/mol. The zero-order chi connectivity index (χ0) is 19.9. The average molecular weight is 378 g/mol. The second kappa shape index (κ2) is 10.3. The van der Waals surface area contributed by atoms with E-state index < -0.39 is 0 Å². The minimum atomic E-state index is 0.460. The van der Waals surface area contributed by atoms with Gasteiger partial charge in [0, 0.05) is 17.9 Å². The maximum Gasteiger partial charge on any atom is 0.0240 e. The van der Waals surface area contributed by atoms with Crippen molar-refractivity contribution < 1.29 is 0 Å². The van der Waals surface area contributed by atoms with Crippen molar-refractivity contribution >= 4 is 0 Å². The Morgan fingerprint density at radius 1 is 1.18 bits per heavy atom. The summed E-state index contributed by atoms with van der Waals surface area (Å²) >= 11 is 0. The fourth-order valence-corrected chi connectivity index (χ4v) is 4.81. The van der Waals surface area contributed by atoms with E-state index in [1.165, 1.54) is 54.4 Å². The molecular weight excluding hydrogens is 338 g/mol. The lowest BCUT2D eigenvalue weighted by molar-refractivity contribution is 0.521. The van der Waals surface area contributed by atoms with Crippen molar-refractivity contribution in [1.82, 2.24) is 5.32 Å². The summed E-state index contributed by atoms with van der Waals surface area (Å²) in [5, 5.41) is 3.81. The van der Waals surface area contributed by atoms with E-state index in [-0.39, 0.29) is 0 Å². The number of allylic oxidation sites excluding steroid dienone is 4. The van der Waals surface area contributed by atoms with Gasteiger partial charge in [-0.05, 0) is 61.3 Å². The molecule has 0 aromatic heterocycles. The van der Waals surface area contributed by atoms with Gasteiger partial charge in [0.2, 0.25) is 0 Å². The highest BCUT2D eigenvalue weighted by Crippen LogP contribution is 2.38. The first kappa shape index (κ1) is 21.1. The molecule has 1 N–H and O–H groups in total. The van der Waals surface area contributed by atoms with Crippen LogP contribution >= 0.6 is 0 Å². The predicted octanol–water partition coefficient (Wildman–Crippen LogP) is 6.97. The molecule has 1 aromatic rings. The summed E-state index contributed by atoms with van der Waals surface area (Å²) in [6.45, 7) is 12.3. The van der Waals surface area contributed by atoms with Gasteiger partial charge in [0.05, 0.1) is 0 Å². The summed E-state index contributed by atoms with van der Waals surface area (Å²) in [4.78, 5) is 0. The van der Waals surface area contributed by atoms with E-state index in [0.29, 0.717) is 17.9 Å². The minimum Gasteiger partial charge on any atom is -0.313 e. The topological polar surface area (TPSA) is 12.0 Å². The monoisotopic (exact) mass is 377 g/mol. The highest BCUT2D eigenvalue weighted by molar-refractivity contribution is 5.41. The van der Waals surface area contributed by atoms with Crippen LogP contribution in [-0.2, 0) is 6.42 Å². The van der Waals surface area contributed by atoms with Crippen molar-refractivity contribution in [2.45, 2.75) is 77.7 Å². The molecule has 3 rings (SSSR count). The summed E-state index contributed by atoms with van der Waals surface area (Å²) < 4.78 is 0. The van der Waals surface area contributed by atoms with E-state index in [1.807, 2.05) is 0 Å². The van der Waals surface area contributed by atoms with Crippen LogP contribution in [0.2, 0.25) is 0 Å². The van der Waals surface area contributed by atoms with Gasteiger partial charge < -0.3 is 5.32 Å². The van der Waals surface area contributed by atoms with Gasteiger partial charge in [0.1, 0.15) is 0 Å². The van der Waals surface area contributed by atoms with Gasteiger partial charge in [-0.3, -0.25) is 0 Å². The Morgan fingerprint density at radius 2 is 1.96 bits per heavy atom. The van der Waals surface area contributed by atoms with Crippen molar-refractivity contribution in [3.63, 3.8) is 0 Å². The van der Waals surface area contributed by atoms with E-state index in [2.05, 4.69) is 75.2 Å². The van der Waals surface area contributed by atoms with Crippen LogP contribution < -0.4 is 5.32 Å². The van der Waals surface area contributed by atoms with Gasteiger partial charge in [-0.25, -0.2) is 0 Å².